The summed E-state index contributed by atoms with van der Waals surface area (Å²) in [6.07, 6.45) is 1.68. The van der Waals surface area contributed by atoms with Gasteiger partial charge >= 0.3 is 5.97 Å². The summed E-state index contributed by atoms with van der Waals surface area (Å²) in [5.41, 5.74) is 1.97. The number of aromatic nitrogens is 1. The maximum absolute atomic E-state index is 12.7. The highest BCUT2D eigenvalue weighted by molar-refractivity contribution is 6.05. The number of pyridine rings is 1. The van der Waals surface area contributed by atoms with E-state index in [1.807, 2.05) is 48.5 Å². The number of fused-ring (bicyclic) bond motifs is 2. The molecule has 2 aromatic heterocycles. The fourth-order valence-corrected chi connectivity index (χ4v) is 3.53. The lowest BCUT2D eigenvalue weighted by molar-refractivity contribution is 0.0737. The molecule has 30 heavy (non-hydrogen) atoms. The van der Waals surface area contributed by atoms with E-state index >= 15 is 0 Å². The summed E-state index contributed by atoms with van der Waals surface area (Å²) in [5.74, 6) is 1.06. The monoisotopic (exact) mass is 395 g/mol. The molecule has 5 heteroatoms. The molecule has 2 heterocycles. The Hall–Kier alpha value is -4.12. The third kappa shape index (κ3) is 3.06. The molecule has 0 bridgehead atoms. The molecule has 0 spiro atoms. The van der Waals surface area contributed by atoms with Crippen LogP contribution in [0.25, 0.3) is 33.1 Å². The molecule has 0 radical (unpaired) electrons. The molecule has 146 valence electrons. The van der Waals surface area contributed by atoms with Gasteiger partial charge in [-0.05, 0) is 36.4 Å². The van der Waals surface area contributed by atoms with Crippen LogP contribution >= 0.6 is 0 Å². The van der Waals surface area contributed by atoms with Crippen LogP contribution in [-0.4, -0.2) is 18.1 Å². The van der Waals surface area contributed by atoms with Crippen LogP contribution in [0.5, 0.6) is 11.6 Å². The van der Waals surface area contributed by atoms with E-state index in [1.165, 1.54) is 0 Å². The van der Waals surface area contributed by atoms with E-state index in [-0.39, 0.29) is 0 Å². The average molecular weight is 395 g/mol. The van der Waals surface area contributed by atoms with Crippen LogP contribution in [0.2, 0.25) is 0 Å². The minimum absolute atomic E-state index is 0.414. The van der Waals surface area contributed by atoms with Gasteiger partial charge < -0.3 is 13.9 Å². The van der Waals surface area contributed by atoms with Gasteiger partial charge in [-0.3, -0.25) is 0 Å². The first-order valence-electron chi connectivity index (χ1n) is 9.46. The highest BCUT2D eigenvalue weighted by atomic mass is 16.5. The Morgan fingerprint density at radius 1 is 0.933 bits per heavy atom. The van der Waals surface area contributed by atoms with Crippen molar-refractivity contribution in [1.82, 2.24) is 4.98 Å². The molecule has 0 N–H and O–H groups in total. The van der Waals surface area contributed by atoms with E-state index in [4.69, 9.17) is 13.9 Å². The number of rotatable bonds is 4. The molecule has 0 aliphatic heterocycles. The van der Waals surface area contributed by atoms with Crippen molar-refractivity contribution < 1.29 is 18.7 Å². The fourth-order valence-electron chi connectivity index (χ4n) is 3.53. The molecule has 0 saturated heterocycles. The number of para-hydroxylation sites is 1. The van der Waals surface area contributed by atoms with Crippen molar-refractivity contribution in [3.63, 3.8) is 0 Å². The van der Waals surface area contributed by atoms with Gasteiger partial charge in [-0.15, -0.1) is 0 Å². The van der Waals surface area contributed by atoms with Crippen LogP contribution in [0.3, 0.4) is 0 Å². The van der Waals surface area contributed by atoms with E-state index in [0.29, 0.717) is 28.3 Å². The number of nitrogens with zero attached hydrogens (tertiary/aromatic N) is 1. The molecule has 0 saturated carbocycles. The van der Waals surface area contributed by atoms with Crippen LogP contribution in [0.15, 0.2) is 89.5 Å². The first-order valence-corrected chi connectivity index (χ1v) is 9.46. The quantitative estimate of drug-likeness (QED) is 0.281. The van der Waals surface area contributed by atoms with E-state index in [9.17, 15) is 4.79 Å². The first kappa shape index (κ1) is 17.9. The largest absolute Gasteiger partial charge is 0.481 e. The number of esters is 1. The zero-order valence-corrected chi connectivity index (χ0v) is 16.2. The van der Waals surface area contributed by atoms with Gasteiger partial charge in [-0.25, -0.2) is 9.78 Å². The number of benzene rings is 3. The Kier molecular flexibility index (Phi) is 4.41. The number of carbonyl (C=O) groups excluding carboxylic acids is 1. The average Bonchev–Trinajstić information content (AvgIpc) is 3.23. The van der Waals surface area contributed by atoms with Crippen molar-refractivity contribution in [3.8, 4) is 23.0 Å². The van der Waals surface area contributed by atoms with Gasteiger partial charge in [0.25, 0.3) is 0 Å². The normalized spacial score (nSPS) is 11.0. The van der Waals surface area contributed by atoms with Gasteiger partial charge in [-0.1, -0.05) is 42.5 Å². The lowest BCUT2D eigenvalue weighted by atomic mass is 10.0. The maximum Gasteiger partial charge on any atom is 0.343 e. The van der Waals surface area contributed by atoms with E-state index < -0.39 is 5.97 Å². The Morgan fingerprint density at radius 3 is 2.53 bits per heavy atom. The number of hydrogen-bond acceptors (Lipinski definition) is 5. The van der Waals surface area contributed by atoms with Crippen LogP contribution in [0.4, 0.5) is 0 Å². The van der Waals surface area contributed by atoms with Crippen molar-refractivity contribution in [1.29, 1.82) is 0 Å². The van der Waals surface area contributed by atoms with Gasteiger partial charge in [0, 0.05) is 27.9 Å². The summed E-state index contributed by atoms with van der Waals surface area (Å²) < 4.78 is 17.3. The highest BCUT2D eigenvalue weighted by Crippen LogP contribution is 2.40. The number of hydrogen-bond donors (Lipinski definition) is 0. The smallest absolute Gasteiger partial charge is 0.343 e. The Labute approximate surface area is 172 Å². The summed E-state index contributed by atoms with van der Waals surface area (Å²) >= 11 is 0. The van der Waals surface area contributed by atoms with E-state index in [2.05, 4.69) is 4.98 Å². The predicted molar refractivity (Wildman–Crippen MR) is 115 cm³/mol. The zero-order valence-electron chi connectivity index (χ0n) is 16.2. The van der Waals surface area contributed by atoms with Crippen LogP contribution in [0.1, 0.15) is 10.4 Å². The molecule has 0 unspecified atom stereocenters. The first-order chi connectivity index (χ1) is 14.7. The third-order valence-corrected chi connectivity index (χ3v) is 4.93. The molecule has 0 fully saturated rings. The topological polar surface area (TPSA) is 61.6 Å². The number of furan rings is 1. The Morgan fingerprint density at radius 2 is 1.73 bits per heavy atom. The van der Waals surface area contributed by atoms with E-state index in [0.717, 1.165) is 21.9 Å². The lowest BCUT2D eigenvalue weighted by Gasteiger charge is -2.12. The van der Waals surface area contributed by atoms with Crippen molar-refractivity contribution >= 4 is 27.7 Å². The predicted octanol–water partition coefficient (Wildman–Crippen LogP) is 5.88. The van der Waals surface area contributed by atoms with Crippen LogP contribution in [-0.2, 0) is 0 Å². The molecule has 3 aromatic carbocycles. The van der Waals surface area contributed by atoms with Crippen LogP contribution < -0.4 is 9.47 Å². The highest BCUT2D eigenvalue weighted by Gasteiger charge is 2.19. The Balaban J connectivity index is 1.70. The SMILES string of the molecule is COc1ncc(-c2cc3ccccc3o2)c2c(OC(=O)c3ccccc3)cccc12. The summed E-state index contributed by atoms with van der Waals surface area (Å²) in [6.45, 7) is 0. The minimum atomic E-state index is -0.436. The second kappa shape index (κ2) is 7.37. The standard InChI is InChI=1S/C25H17NO4/c1-28-24-18-11-7-13-21(30-25(27)16-8-3-2-4-9-16)23(18)19(15-26-24)22-14-17-10-5-6-12-20(17)29-22/h2-15H,1H3. The van der Waals surface area contributed by atoms with Crippen LogP contribution in [0, 0.1) is 0 Å². The third-order valence-electron chi connectivity index (χ3n) is 4.93. The number of ether oxygens (including phenoxy) is 2. The summed E-state index contributed by atoms with van der Waals surface area (Å²) in [4.78, 5) is 17.1. The van der Waals surface area contributed by atoms with Crippen molar-refractivity contribution in [2.45, 2.75) is 0 Å². The molecule has 5 rings (SSSR count). The summed E-state index contributed by atoms with van der Waals surface area (Å²) in [5, 5.41) is 2.41. The zero-order chi connectivity index (χ0) is 20.5. The van der Waals surface area contributed by atoms with Crippen molar-refractivity contribution in [3.05, 3.63) is 90.6 Å². The molecular formula is C25H17NO4. The summed E-state index contributed by atoms with van der Waals surface area (Å²) in [7, 11) is 1.56. The van der Waals surface area contributed by atoms with Gasteiger partial charge in [0.15, 0.2) is 0 Å². The van der Waals surface area contributed by atoms with E-state index in [1.54, 1.807) is 43.6 Å². The molecule has 0 aliphatic carbocycles. The molecule has 5 aromatic rings. The second-order valence-corrected chi connectivity index (χ2v) is 6.76. The molecule has 5 nitrogen and oxygen atoms in total. The second-order valence-electron chi connectivity index (χ2n) is 6.76. The van der Waals surface area contributed by atoms with Crippen molar-refractivity contribution in [2.75, 3.05) is 7.11 Å². The van der Waals surface area contributed by atoms with Crippen molar-refractivity contribution in [2.24, 2.45) is 0 Å². The Bertz CT molecular complexity index is 1340. The van der Waals surface area contributed by atoms with Gasteiger partial charge in [0.2, 0.25) is 5.88 Å². The van der Waals surface area contributed by atoms with Gasteiger partial charge in [-0.2, -0.15) is 0 Å². The molecule has 0 amide bonds. The molecular weight excluding hydrogens is 378 g/mol. The van der Waals surface area contributed by atoms with Gasteiger partial charge in [0.05, 0.1) is 12.7 Å². The molecule has 0 aliphatic rings. The minimum Gasteiger partial charge on any atom is -0.481 e. The number of carbonyl (C=O) groups is 1. The number of methoxy groups -OCH3 is 1. The maximum atomic E-state index is 12.7. The fraction of sp³-hybridized carbons (Fsp3) is 0.0400. The lowest BCUT2D eigenvalue weighted by Crippen LogP contribution is -2.08. The molecule has 0 atom stereocenters. The van der Waals surface area contributed by atoms with Gasteiger partial charge in [0.1, 0.15) is 17.1 Å². The summed E-state index contributed by atoms with van der Waals surface area (Å²) in [6, 6.07) is 24.1.